The van der Waals surface area contributed by atoms with E-state index in [1.54, 1.807) is 6.07 Å². The molecule has 0 aliphatic carbocycles. The molecule has 0 unspecified atom stereocenters. The lowest BCUT2D eigenvalue weighted by molar-refractivity contribution is 0.153. The molecule has 5 nitrogen and oxygen atoms in total. The molecule has 162 valence electrons. The van der Waals surface area contributed by atoms with E-state index in [0.29, 0.717) is 22.6 Å². The van der Waals surface area contributed by atoms with Crippen LogP contribution in [0.2, 0.25) is 10.0 Å². The summed E-state index contributed by atoms with van der Waals surface area (Å²) in [6, 6.07) is 5.33. The second-order valence-electron chi connectivity index (χ2n) is 7.26. The smallest absolute Gasteiger partial charge is 0.193 e. The SMILES string of the molecule is CN=C(NCCC1=CCOCC1)N1CCC(COc2cc(Cl)cc(Cl)c2)CC1.I. The number of ether oxygens (including phenoxy) is 2. The average Bonchev–Trinajstić information content (AvgIpc) is 2.70. The summed E-state index contributed by atoms with van der Waals surface area (Å²) in [7, 11) is 1.86. The van der Waals surface area contributed by atoms with Crippen molar-refractivity contribution in [3.05, 3.63) is 39.9 Å². The van der Waals surface area contributed by atoms with Crippen molar-refractivity contribution in [1.82, 2.24) is 10.2 Å². The molecule has 8 heteroatoms. The highest BCUT2D eigenvalue weighted by Crippen LogP contribution is 2.26. The topological polar surface area (TPSA) is 46.1 Å². The highest BCUT2D eigenvalue weighted by atomic mass is 127. The van der Waals surface area contributed by atoms with Gasteiger partial charge in [0.2, 0.25) is 0 Å². The van der Waals surface area contributed by atoms with E-state index in [2.05, 4.69) is 21.3 Å². The number of hydrogen-bond acceptors (Lipinski definition) is 3. The third-order valence-electron chi connectivity index (χ3n) is 5.23. The number of halogens is 3. The first-order valence-corrected chi connectivity index (χ1v) is 10.7. The highest BCUT2D eigenvalue weighted by molar-refractivity contribution is 14.0. The molecular weight excluding hydrogens is 524 g/mol. The van der Waals surface area contributed by atoms with Gasteiger partial charge in [-0.1, -0.05) is 34.9 Å². The average molecular weight is 554 g/mol. The van der Waals surface area contributed by atoms with Crippen LogP contribution < -0.4 is 10.1 Å². The fraction of sp³-hybridized carbons (Fsp3) is 0.571. The summed E-state index contributed by atoms with van der Waals surface area (Å²) in [5, 5.41) is 4.71. The van der Waals surface area contributed by atoms with Crippen molar-refractivity contribution < 1.29 is 9.47 Å². The first-order chi connectivity index (χ1) is 13.6. The molecule has 0 bridgehead atoms. The molecule has 2 aliphatic heterocycles. The van der Waals surface area contributed by atoms with Gasteiger partial charge in [-0.05, 0) is 49.8 Å². The first-order valence-electron chi connectivity index (χ1n) is 9.94. The molecule has 2 heterocycles. The Labute approximate surface area is 200 Å². The molecule has 2 aliphatic rings. The predicted molar refractivity (Wildman–Crippen MR) is 131 cm³/mol. The van der Waals surface area contributed by atoms with E-state index in [1.807, 2.05) is 19.2 Å². The largest absolute Gasteiger partial charge is 0.493 e. The van der Waals surface area contributed by atoms with Crippen molar-refractivity contribution in [3.63, 3.8) is 0 Å². The maximum absolute atomic E-state index is 6.03. The van der Waals surface area contributed by atoms with Gasteiger partial charge in [0.15, 0.2) is 5.96 Å². The van der Waals surface area contributed by atoms with Crippen LogP contribution in [-0.2, 0) is 4.74 Å². The fourth-order valence-corrected chi connectivity index (χ4v) is 4.10. The lowest BCUT2D eigenvalue weighted by atomic mass is 9.98. The Morgan fingerprint density at radius 2 is 1.97 bits per heavy atom. The van der Waals surface area contributed by atoms with E-state index in [0.717, 1.165) is 70.2 Å². The van der Waals surface area contributed by atoms with E-state index < -0.39 is 0 Å². The number of benzene rings is 1. The van der Waals surface area contributed by atoms with Crippen LogP contribution in [0.1, 0.15) is 25.7 Å². The van der Waals surface area contributed by atoms with Crippen molar-refractivity contribution in [3.8, 4) is 5.75 Å². The Morgan fingerprint density at radius 3 is 2.59 bits per heavy atom. The fourth-order valence-electron chi connectivity index (χ4n) is 3.60. The Kier molecular flexibility index (Phi) is 10.9. The maximum atomic E-state index is 6.03. The Hall–Kier alpha value is -0.700. The minimum Gasteiger partial charge on any atom is -0.493 e. The number of hydrogen-bond donors (Lipinski definition) is 1. The molecule has 1 saturated heterocycles. The Balaban J connectivity index is 0.00000300. The van der Waals surface area contributed by atoms with E-state index in [9.17, 15) is 0 Å². The van der Waals surface area contributed by atoms with E-state index in [1.165, 1.54) is 5.57 Å². The number of nitrogens with one attached hydrogen (secondary N) is 1. The van der Waals surface area contributed by atoms with Gasteiger partial charge >= 0.3 is 0 Å². The second kappa shape index (κ2) is 12.9. The minimum atomic E-state index is 0. The molecule has 29 heavy (non-hydrogen) atoms. The van der Waals surface area contributed by atoms with E-state index in [-0.39, 0.29) is 24.0 Å². The number of nitrogens with zero attached hydrogens (tertiary/aromatic N) is 2. The van der Waals surface area contributed by atoms with Gasteiger partial charge in [0, 0.05) is 36.7 Å². The molecule has 0 atom stereocenters. The Bertz CT molecular complexity index is 687. The zero-order valence-corrected chi connectivity index (χ0v) is 20.7. The van der Waals surface area contributed by atoms with Gasteiger partial charge in [-0.3, -0.25) is 4.99 Å². The summed E-state index contributed by atoms with van der Waals surface area (Å²) in [5.74, 6) is 2.26. The molecule has 3 rings (SSSR count). The summed E-state index contributed by atoms with van der Waals surface area (Å²) in [6.07, 6.45) is 6.46. The quantitative estimate of drug-likeness (QED) is 0.233. The van der Waals surface area contributed by atoms with Crippen LogP contribution >= 0.6 is 47.2 Å². The molecule has 0 amide bonds. The van der Waals surface area contributed by atoms with Gasteiger partial charge in [-0.15, -0.1) is 24.0 Å². The number of piperidine rings is 1. The van der Waals surface area contributed by atoms with Gasteiger partial charge in [0.1, 0.15) is 5.75 Å². The zero-order chi connectivity index (χ0) is 19.8. The van der Waals surface area contributed by atoms with Gasteiger partial charge < -0.3 is 19.7 Å². The van der Waals surface area contributed by atoms with Crippen molar-refractivity contribution in [2.24, 2.45) is 10.9 Å². The van der Waals surface area contributed by atoms with Crippen LogP contribution in [0.4, 0.5) is 0 Å². The summed E-state index contributed by atoms with van der Waals surface area (Å²) in [4.78, 5) is 6.80. The van der Waals surface area contributed by atoms with Crippen molar-refractivity contribution in [1.29, 1.82) is 0 Å². The number of rotatable bonds is 6. The zero-order valence-electron chi connectivity index (χ0n) is 16.8. The molecule has 1 aromatic carbocycles. The van der Waals surface area contributed by atoms with Crippen LogP contribution in [0.15, 0.2) is 34.8 Å². The molecule has 0 spiro atoms. The maximum Gasteiger partial charge on any atom is 0.193 e. The van der Waals surface area contributed by atoms with Crippen LogP contribution in [0.25, 0.3) is 0 Å². The van der Waals surface area contributed by atoms with Crippen LogP contribution in [0.3, 0.4) is 0 Å². The first kappa shape index (κ1) is 24.6. The standard InChI is InChI=1S/C21H29Cl2N3O2.HI/c1-24-21(25-7-2-16-5-10-27-11-6-16)26-8-3-17(4-9-26)15-28-20-13-18(22)12-19(23)14-20;/h5,12-14,17H,2-4,6-11,15H2,1H3,(H,24,25);1H. The number of aliphatic imine (C=N–C) groups is 1. The van der Waals surface area contributed by atoms with Gasteiger partial charge in [-0.25, -0.2) is 0 Å². The molecule has 1 fully saturated rings. The summed E-state index contributed by atoms with van der Waals surface area (Å²) >= 11 is 12.1. The van der Waals surface area contributed by atoms with Crippen LogP contribution in [0, 0.1) is 5.92 Å². The molecule has 0 saturated carbocycles. The summed E-state index contributed by atoms with van der Waals surface area (Å²) in [5.41, 5.74) is 1.48. The van der Waals surface area contributed by atoms with Crippen molar-refractivity contribution in [2.45, 2.75) is 25.7 Å². The van der Waals surface area contributed by atoms with E-state index >= 15 is 0 Å². The van der Waals surface area contributed by atoms with Gasteiger partial charge in [0.05, 0.1) is 19.8 Å². The van der Waals surface area contributed by atoms with Crippen molar-refractivity contribution >= 4 is 53.1 Å². The van der Waals surface area contributed by atoms with Gasteiger partial charge in [-0.2, -0.15) is 0 Å². The lowest BCUT2D eigenvalue weighted by Gasteiger charge is -2.34. The van der Waals surface area contributed by atoms with Gasteiger partial charge in [0.25, 0.3) is 0 Å². The third kappa shape index (κ3) is 8.15. The molecular formula is C21H30Cl2IN3O2. The highest BCUT2D eigenvalue weighted by Gasteiger charge is 2.22. The Morgan fingerprint density at radius 1 is 1.24 bits per heavy atom. The monoisotopic (exact) mass is 553 g/mol. The lowest BCUT2D eigenvalue weighted by Crippen LogP contribution is -2.46. The normalized spacial score (nSPS) is 18.1. The predicted octanol–water partition coefficient (Wildman–Crippen LogP) is 5.01. The van der Waals surface area contributed by atoms with E-state index in [4.69, 9.17) is 32.7 Å². The summed E-state index contributed by atoms with van der Waals surface area (Å²) in [6.45, 7) is 5.17. The molecule has 0 aromatic heterocycles. The number of likely N-dealkylation sites (tertiary alicyclic amines) is 1. The molecule has 0 radical (unpaired) electrons. The number of guanidine groups is 1. The second-order valence-corrected chi connectivity index (χ2v) is 8.13. The molecule has 1 aromatic rings. The molecule has 1 N–H and O–H groups in total. The van der Waals surface area contributed by atoms with Crippen LogP contribution in [-0.4, -0.2) is 57.4 Å². The van der Waals surface area contributed by atoms with Crippen molar-refractivity contribution in [2.75, 3.05) is 46.5 Å². The minimum absolute atomic E-state index is 0. The summed E-state index contributed by atoms with van der Waals surface area (Å²) < 4.78 is 11.3. The van der Waals surface area contributed by atoms with Crippen LogP contribution in [0.5, 0.6) is 5.75 Å². The third-order valence-corrected chi connectivity index (χ3v) is 5.67.